The Morgan fingerprint density at radius 1 is 1.00 bits per heavy atom. The van der Waals surface area contributed by atoms with Gasteiger partial charge in [0.15, 0.2) is 0 Å². The van der Waals surface area contributed by atoms with Crippen LogP contribution in [0, 0.1) is 0 Å². The fourth-order valence-corrected chi connectivity index (χ4v) is 3.19. The highest BCUT2D eigenvalue weighted by molar-refractivity contribution is 5.94. The smallest absolute Gasteiger partial charge is 0.253 e. The number of carbonyl (C=O) groups is 1. The van der Waals surface area contributed by atoms with Crippen molar-refractivity contribution in [3.63, 3.8) is 0 Å². The lowest BCUT2D eigenvalue weighted by Gasteiger charge is -2.38. The Kier molecular flexibility index (Phi) is 5.24. The van der Waals surface area contributed by atoms with Crippen LogP contribution in [-0.4, -0.2) is 54.1 Å². The molecule has 2 aromatic carbocycles. The first-order valence-corrected chi connectivity index (χ1v) is 8.55. The van der Waals surface area contributed by atoms with E-state index < -0.39 is 0 Å². The fourth-order valence-electron chi connectivity index (χ4n) is 3.19. The highest BCUT2D eigenvalue weighted by Gasteiger charge is 2.25. The van der Waals surface area contributed by atoms with Crippen LogP contribution in [0.1, 0.15) is 28.9 Å². The number of phenols is 1. The summed E-state index contributed by atoms with van der Waals surface area (Å²) >= 11 is 0. The maximum atomic E-state index is 12.5. The van der Waals surface area contributed by atoms with Crippen LogP contribution in [0.2, 0.25) is 0 Å². The summed E-state index contributed by atoms with van der Waals surface area (Å²) in [5.74, 6) is 1.06. The number of hydrogen-bond acceptors (Lipinski definition) is 4. The quantitative estimate of drug-likeness (QED) is 0.930. The molecule has 3 rings (SSSR count). The third-order valence-corrected chi connectivity index (χ3v) is 4.86. The van der Waals surface area contributed by atoms with Crippen molar-refractivity contribution in [2.75, 3.05) is 33.3 Å². The monoisotopic (exact) mass is 340 g/mol. The minimum absolute atomic E-state index is 0.0248. The number of hydrogen-bond donors (Lipinski definition) is 1. The van der Waals surface area contributed by atoms with Crippen molar-refractivity contribution < 1.29 is 14.6 Å². The van der Waals surface area contributed by atoms with Gasteiger partial charge in [-0.1, -0.05) is 12.1 Å². The molecule has 1 saturated heterocycles. The number of phenolic OH excluding ortho intramolecular Hbond substituents is 1. The van der Waals surface area contributed by atoms with E-state index in [-0.39, 0.29) is 11.7 Å². The zero-order valence-electron chi connectivity index (χ0n) is 14.7. The molecule has 0 spiro atoms. The minimum Gasteiger partial charge on any atom is -0.508 e. The summed E-state index contributed by atoms with van der Waals surface area (Å²) in [5.41, 5.74) is 1.87. The summed E-state index contributed by atoms with van der Waals surface area (Å²) in [4.78, 5) is 16.8. The molecule has 25 heavy (non-hydrogen) atoms. The van der Waals surface area contributed by atoms with E-state index in [1.807, 2.05) is 17.0 Å². The zero-order chi connectivity index (χ0) is 17.8. The van der Waals surface area contributed by atoms with E-state index in [0.717, 1.165) is 18.8 Å². The highest BCUT2D eigenvalue weighted by Crippen LogP contribution is 2.24. The van der Waals surface area contributed by atoms with Gasteiger partial charge in [-0.2, -0.15) is 0 Å². The van der Waals surface area contributed by atoms with Gasteiger partial charge in [-0.3, -0.25) is 9.69 Å². The summed E-state index contributed by atoms with van der Waals surface area (Å²) in [7, 11) is 1.67. The first kappa shape index (κ1) is 17.3. The second-order valence-corrected chi connectivity index (χ2v) is 6.32. The number of benzene rings is 2. The molecule has 5 nitrogen and oxygen atoms in total. The maximum Gasteiger partial charge on any atom is 0.253 e. The number of methoxy groups -OCH3 is 1. The lowest BCUT2D eigenvalue weighted by Crippen LogP contribution is -2.49. The number of amides is 1. The van der Waals surface area contributed by atoms with E-state index in [2.05, 4.69) is 24.0 Å². The van der Waals surface area contributed by atoms with Crippen LogP contribution in [0.25, 0.3) is 0 Å². The summed E-state index contributed by atoms with van der Waals surface area (Å²) in [6, 6.07) is 14.9. The molecule has 1 atom stereocenters. The van der Waals surface area contributed by atoms with E-state index in [9.17, 15) is 9.90 Å². The van der Waals surface area contributed by atoms with Crippen molar-refractivity contribution in [1.82, 2.24) is 9.80 Å². The largest absolute Gasteiger partial charge is 0.508 e. The first-order valence-electron chi connectivity index (χ1n) is 8.55. The predicted molar refractivity (Wildman–Crippen MR) is 97.0 cm³/mol. The van der Waals surface area contributed by atoms with Crippen LogP contribution < -0.4 is 4.74 Å². The summed E-state index contributed by atoms with van der Waals surface area (Å²) in [5, 5.41) is 9.35. The average molecular weight is 340 g/mol. The molecule has 1 N–H and O–H groups in total. The number of nitrogens with zero attached hydrogens (tertiary/aromatic N) is 2. The zero-order valence-corrected chi connectivity index (χ0v) is 14.7. The first-order chi connectivity index (χ1) is 12.1. The third kappa shape index (κ3) is 3.94. The van der Waals surface area contributed by atoms with Gasteiger partial charge in [0.2, 0.25) is 0 Å². The van der Waals surface area contributed by atoms with Crippen LogP contribution >= 0.6 is 0 Å². The molecule has 1 aliphatic heterocycles. The summed E-state index contributed by atoms with van der Waals surface area (Å²) < 4.78 is 5.21. The Bertz CT molecular complexity index is 705. The number of aromatic hydroxyl groups is 1. The van der Waals surface area contributed by atoms with E-state index >= 15 is 0 Å². The van der Waals surface area contributed by atoms with Gasteiger partial charge < -0.3 is 14.7 Å². The van der Waals surface area contributed by atoms with Gasteiger partial charge in [0.1, 0.15) is 11.5 Å². The van der Waals surface area contributed by atoms with Crippen LogP contribution in [0.3, 0.4) is 0 Å². The van der Waals surface area contributed by atoms with Gasteiger partial charge in [0, 0.05) is 37.8 Å². The Hall–Kier alpha value is -2.53. The number of ether oxygens (including phenoxy) is 1. The second kappa shape index (κ2) is 7.57. The van der Waals surface area contributed by atoms with Crippen molar-refractivity contribution in [3.8, 4) is 11.5 Å². The lowest BCUT2D eigenvalue weighted by atomic mass is 10.1. The lowest BCUT2D eigenvalue weighted by molar-refractivity contribution is 0.0582. The van der Waals surface area contributed by atoms with E-state index in [1.54, 1.807) is 31.4 Å². The normalized spacial score (nSPS) is 16.5. The molecule has 2 aromatic rings. The van der Waals surface area contributed by atoms with Crippen molar-refractivity contribution in [2.24, 2.45) is 0 Å². The molecule has 1 amide bonds. The number of rotatable bonds is 4. The van der Waals surface area contributed by atoms with Crippen molar-refractivity contribution in [1.29, 1.82) is 0 Å². The van der Waals surface area contributed by atoms with Gasteiger partial charge in [-0.25, -0.2) is 0 Å². The summed E-state index contributed by atoms with van der Waals surface area (Å²) in [6.07, 6.45) is 0. The maximum absolute atomic E-state index is 12.5. The molecule has 0 bridgehead atoms. The average Bonchev–Trinajstić information content (AvgIpc) is 2.67. The van der Waals surface area contributed by atoms with E-state index in [4.69, 9.17) is 4.74 Å². The molecule has 1 aliphatic rings. The Morgan fingerprint density at radius 2 is 1.60 bits per heavy atom. The highest BCUT2D eigenvalue weighted by atomic mass is 16.5. The van der Waals surface area contributed by atoms with Crippen LogP contribution in [0.5, 0.6) is 11.5 Å². The molecule has 1 fully saturated rings. The van der Waals surface area contributed by atoms with Crippen molar-refractivity contribution >= 4 is 5.91 Å². The molecular formula is C20H24N2O3. The molecule has 1 unspecified atom stereocenters. The Morgan fingerprint density at radius 3 is 2.16 bits per heavy atom. The van der Waals surface area contributed by atoms with Gasteiger partial charge >= 0.3 is 0 Å². The third-order valence-electron chi connectivity index (χ3n) is 4.86. The van der Waals surface area contributed by atoms with Crippen molar-refractivity contribution in [3.05, 3.63) is 59.7 Å². The van der Waals surface area contributed by atoms with Gasteiger partial charge in [-0.15, -0.1) is 0 Å². The molecule has 0 radical (unpaired) electrons. The number of carbonyl (C=O) groups excluding carboxylic acids is 1. The van der Waals surface area contributed by atoms with Crippen LogP contribution in [-0.2, 0) is 0 Å². The van der Waals surface area contributed by atoms with Gasteiger partial charge in [0.25, 0.3) is 5.91 Å². The van der Waals surface area contributed by atoms with E-state index in [0.29, 0.717) is 24.7 Å². The summed E-state index contributed by atoms with van der Waals surface area (Å²) in [6.45, 7) is 5.30. The molecule has 0 aliphatic carbocycles. The Labute approximate surface area is 148 Å². The van der Waals surface area contributed by atoms with Crippen LogP contribution in [0.15, 0.2) is 48.5 Å². The topological polar surface area (TPSA) is 53.0 Å². The van der Waals surface area contributed by atoms with E-state index in [1.165, 1.54) is 5.56 Å². The predicted octanol–water partition coefficient (Wildman–Crippen LogP) is 2.92. The standard InChI is InChI=1S/C20H24N2O3/c1-15(16-5-9-19(25-2)10-6-16)21-11-13-22(14-12-21)20(24)17-3-7-18(23)8-4-17/h3-10,15,23H,11-14H2,1-2H3. The second-order valence-electron chi connectivity index (χ2n) is 6.32. The SMILES string of the molecule is COc1ccc(C(C)N2CCN(C(=O)c3ccc(O)cc3)CC2)cc1. The molecule has 1 heterocycles. The Balaban J connectivity index is 1.59. The van der Waals surface area contributed by atoms with Crippen molar-refractivity contribution in [2.45, 2.75) is 13.0 Å². The number of piperazine rings is 1. The van der Waals surface area contributed by atoms with Gasteiger partial charge in [-0.05, 0) is 48.9 Å². The molecular weight excluding hydrogens is 316 g/mol. The minimum atomic E-state index is 0.0248. The van der Waals surface area contributed by atoms with Crippen LogP contribution in [0.4, 0.5) is 0 Å². The van der Waals surface area contributed by atoms with Gasteiger partial charge in [0.05, 0.1) is 7.11 Å². The molecule has 5 heteroatoms. The molecule has 0 saturated carbocycles. The molecule has 132 valence electrons. The fraction of sp³-hybridized carbons (Fsp3) is 0.350. The molecule has 0 aromatic heterocycles.